The van der Waals surface area contributed by atoms with E-state index in [9.17, 15) is 28.5 Å². The Morgan fingerprint density at radius 1 is 1.17 bits per heavy atom. The molecule has 0 aromatic carbocycles. The molecule has 1 fully saturated rings. The molecule has 0 radical (unpaired) electrons. The molecule has 0 unspecified atom stereocenters. The second-order valence-corrected chi connectivity index (χ2v) is 6.34. The number of alkyl halides is 3. The lowest BCUT2D eigenvalue weighted by Crippen LogP contribution is -2.64. The maximum absolute atomic E-state index is 12.7. The summed E-state index contributed by atoms with van der Waals surface area (Å²) in [7, 11) is 0. The van der Waals surface area contributed by atoms with Crippen LogP contribution in [0.4, 0.5) is 13.2 Å². The van der Waals surface area contributed by atoms with Crippen molar-refractivity contribution in [3.05, 3.63) is 23.9 Å². The van der Waals surface area contributed by atoms with Crippen LogP contribution in [0.3, 0.4) is 0 Å². The van der Waals surface area contributed by atoms with Crippen LogP contribution >= 0.6 is 0 Å². The van der Waals surface area contributed by atoms with E-state index in [2.05, 4.69) is 4.98 Å². The molecule has 1 aromatic rings. The van der Waals surface area contributed by atoms with Gasteiger partial charge in [-0.3, -0.25) is 0 Å². The number of nitrogens with zero attached hydrogens (tertiary/aromatic N) is 1. The zero-order valence-electron chi connectivity index (χ0n) is 13.4. The summed E-state index contributed by atoms with van der Waals surface area (Å²) >= 11 is 0. The molecule has 6 nitrogen and oxygen atoms in total. The minimum Gasteiger partial charge on any atom is -0.469 e. The Morgan fingerprint density at radius 2 is 1.79 bits per heavy atom. The van der Waals surface area contributed by atoms with Gasteiger partial charge in [-0.25, -0.2) is 4.98 Å². The molecule has 136 valence electrons. The minimum atomic E-state index is -4.65. The zero-order chi connectivity index (χ0) is 18.3. The zero-order valence-corrected chi connectivity index (χ0v) is 13.4. The van der Waals surface area contributed by atoms with Crippen LogP contribution in [0, 0.1) is 0 Å². The molecule has 1 aliphatic heterocycles. The molecule has 0 bridgehead atoms. The number of hydrogen-bond donors (Lipinski definition) is 3. The van der Waals surface area contributed by atoms with Gasteiger partial charge in [-0.1, -0.05) is 6.07 Å². The smallest absolute Gasteiger partial charge is 0.433 e. The fourth-order valence-electron chi connectivity index (χ4n) is 2.52. The van der Waals surface area contributed by atoms with Gasteiger partial charge >= 0.3 is 6.18 Å². The molecule has 24 heavy (non-hydrogen) atoms. The van der Waals surface area contributed by atoms with Gasteiger partial charge in [-0.05, 0) is 26.8 Å². The second-order valence-electron chi connectivity index (χ2n) is 6.34. The molecule has 2 rings (SSSR count). The first-order chi connectivity index (χ1) is 10.9. The average Bonchev–Trinajstić information content (AvgIpc) is 2.46. The van der Waals surface area contributed by atoms with Gasteiger partial charge in [0.05, 0.1) is 11.7 Å². The van der Waals surface area contributed by atoms with Crippen molar-refractivity contribution in [2.24, 2.45) is 0 Å². The number of hydrogen-bond acceptors (Lipinski definition) is 6. The molecular formula is C15H20F3NO5. The number of aliphatic hydroxyl groups is 3. The third-order valence-electron chi connectivity index (χ3n) is 3.79. The molecule has 2 heterocycles. The van der Waals surface area contributed by atoms with Gasteiger partial charge < -0.3 is 24.8 Å². The molecule has 9 heteroatoms. The molecule has 0 amide bonds. The van der Waals surface area contributed by atoms with E-state index in [1.165, 1.54) is 26.8 Å². The fraction of sp³-hybridized carbons (Fsp3) is 0.667. The van der Waals surface area contributed by atoms with E-state index >= 15 is 0 Å². The summed E-state index contributed by atoms with van der Waals surface area (Å²) in [6, 6.07) is 3.08. The highest BCUT2D eigenvalue weighted by molar-refractivity contribution is 5.19. The van der Waals surface area contributed by atoms with E-state index in [4.69, 9.17) is 9.47 Å². The van der Waals surface area contributed by atoms with Gasteiger partial charge in [-0.15, -0.1) is 0 Å². The Kier molecular flexibility index (Phi) is 5.10. The highest BCUT2D eigenvalue weighted by atomic mass is 19.4. The van der Waals surface area contributed by atoms with Crippen LogP contribution in [0.5, 0.6) is 5.88 Å². The van der Waals surface area contributed by atoms with E-state index < -0.39 is 53.9 Å². The van der Waals surface area contributed by atoms with Crippen molar-refractivity contribution in [3.8, 4) is 5.88 Å². The van der Waals surface area contributed by atoms with E-state index in [1.807, 2.05) is 0 Å². The van der Waals surface area contributed by atoms with Crippen molar-refractivity contribution in [1.82, 2.24) is 4.98 Å². The number of pyridine rings is 1. The summed E-state index contributed by atoms with van der Waals surface area (Å²) in [5.74, 6) is -0.395. The molecule has 1 aliphatic rings. The van der Waals surface area contributed by atoms with E-state index in [0.29, 0.717) is 0 Å². The lowest BCUT2D eigenvalue weighted by molar-refractivity contribution is -0.248. The number of ether oxygens (including phenoxy) is 2. The summed E-state index contributed by atoms with van der Waals surface area (Å²) in [6.45, 7) is 4.32. The van der Waals surface area contributed by atoms with Gasteiger partial charge in [-0.2, -0.15) is 13.2 Å². The van der Waals surface area contributed by atoms with Crippen molar-refractivity contribution in [2.45, 2.75) is 63.1 Å². The second kappa shape index (κ2) is 6.47. The van der Waals surface area contributed by atoms with Crippen molar-refractivity contribution >= 4 is 0 Å². The first-order valence-electron chi connectivity index (χ1n) is 7.36. The highest BCUT2D eigenvalue weighted by Gasteiger charge is 2.50. The summed E-state index contributed by atoms with van der Waals surface area (Å²) in [4.78, 5) is 3.36. The summed E-state index contributed by atoms with van der Waals surface area (Å²) in [6.07, 6.45) is -10.6. The van der Waals surface area contributed by atoms with Gasteiger partial charge in [0.2, 0.25) is 5.88 Å². The van der Waals surface area contributed by atoms with Gasteiger partial charge in [0.15, 0.2) is 6.10 Å². The van der Waals surface area contributed by atoms with Crippen LogP contribution < -0.4 is 4.74 Å². The standard InChI is InChI=1S/C15H20F3NO5/c1-7-10(20)11(21)12(13(23-7)14(2,3)22)24-9-6-4-5-8(19-9)15(16,17)18/h4-7,10-13,20-22H,1-3H3/t7-,10+,11+,12-,13+/m1/s1. The van der Waals surface area contributed by atoms with Crippen LogP contribution in [-0.2, 0) is 10.9 Å². The summed E-state index contributed by atoms with van der Waals surface area (Å²) < 4.78 is 49.0. The maximum Gasteiger partial charge on any atom is 0.433 e. The van der Waals surface area contributed by atoms with Crippen molar-refractivity contribution in [2.75, 3.05) is 0 Å². The predicted octanol–water partition coefficient (Wildman–Crippen LogP) is 1.13. The number of halogens is 3. The summed E-state index contributed by atoms with van der Waals surface area (Å²) in [5, 5.41) is 30.3. The number of aromatic nitrogens is 1. The van der Waals surface area contributed by atoms with Gasteiger partial charge in [0.1, 0.15) is 24.0 Å². The lowest BCUT2D eigenvalue weighted by atomic mass is 9.87. The molecule has 0 aliphatic carbocycles. The number of aliphatic hydroxyl groups excluding tert-OH is 2. The molecule has 5 atom stereocenters. The third-order valence-corrected chi connectivity index (χ3v) is 3.79. The van der Waals surface area contributed by atoms with Crippen molar-refractivity contribution in [1.29, 1.82) is 0 Å². The minimum absolute atomic E-state index is 0.395. The monoisotopic (exact) mass is 351 g/mol. The maximum atomic E-state index is 12.7. The fourth-order valence-corrected chi connectivity index (χ4v) is 2.52. The van der Waals surface area contributed by atoms with Gasteiger partial charge in [0.25, 0.3) is 0 Å². The van der Waals surface area contributed by atoms with Crippen LogP contribution in [0.1, 0.15) is 26.5 Å². The highest BCUT2D eigenvalue weighted by Crippen LogP contribution is 2.32. The molecule has 1 saturated heterocycles. The van der Waals surface area contributed by atoms with E-state index in [-0.39, 0.29) is 0 Å². The third kappa shape index (κ3) is 3.97. The van der Waals surface area contributed by atoms with Crippen molar-refractivity contribution in [3.63, 3.8) is 0 Å². The normalized spacial score (nSPS) is 31.8. The molecule has 1 aromatic heterocycles. The molecule has 0 spiro atoms. The average molecular weight is 351 g/mol. The Labute approximate surface area is 136 Å². The summed E-state index contributed by atoms with van der Waals surface area (Å²) in [5.41, 5.74) is -2.62. The Morgan fingerprint density at radius 3 is 2.33 bits per heavy atom. The predicted molar refractivity (Wildman–Crippen MR) is 76.3 cm³/mol. The quantitative estimate of drug-likeness (QED) is 0.756. The first-order valence-corrected chi connectivity index (χ1v) is 7.36. The van der Waals surface area contributed by atoms with Gasteiger partial charge in [0, 0.05) is 6.07 Å². The van der Waals surface area contributed by atoms with Crippen LogP contribution in [-0.4, -0.2) is 56.4 Å². The molecular weight excluding hydrogens is 331 g/mol. The van der Waals surface area contributed by atoms with Crippen molar-refractivity contribution < 1.29 is 38.0 Å². The number of rotatable bonds is 3. The van der Waals surface area contributed by atoms with Crippen LogP contribution in [0.2, 0.25) is 0 Å². The van der Waals surface area contributed by atoms with Crippen LogP contribution in [0.25, 0.3) is 0 Å². The topological polar surface area (TPSA) is 92.0 Å². The largest absolute Gasteiger partial charge is 0.469 e. The Balaban J connectivity index is 2.30. The molecule has 0 saturated carbocycles. The Hall–Kier alpha value is -1.42. The lowest BCUT2D eigenvalue weighted by Gasteiger charge is -2.45. The Bertz CT molecular complexity index is 575. The first kappa shape index (κ1) is 18.9. The molecule has 3 N–H and O–H groups in total. The van der Waals surface area contributed by atoms with Crippen LogP contribution in [0.15, 0.2) is 18.2 Å². The SMILES string of the molecule is C[C@H]1O[C@H](C(C)(C)O)[C@H](Oc2cccc(C(F)(F)F)n2)[C@@H](O)[C@H]1O. The van der Waals surface area contributed by atoms with E-state index in [0.717, 1.165) is 12.1 Å². The van der Waals surface area contributed by atoms with E-state index in [1.54, 1.807) is 0 Å².